The highest BCUT2D eigenvalue weighted by Crippen LogP contribution is 2.40. The summed E-state index contributed by atoms with van der Waals surface area (Å²) in [6, 6.07) is 11.5. The van der Waals surface area contributed by atoms with E-state index >= 15 is 0 Å². The first kappa shape index (κ1) is 29.5. The van der Waals surface area contributed by atoms with Gasteiger partial charge < -0.3 is 19.6 Å². The van der Waals surface area contributed by atoms with Crippen LogP contribution in [0.15, 0.2) is 30.3 Å². The maximum atomic E-state index is 14.0. The summed E-state index contributed by atoms with van der Waals surface area (Å²) in [4.78, 5) is 23.9. The van der Waals surface area contributed by atoms with Crippen LogP contribution in [-0.4, -0.2) is 78.1 Å². The Labute approximate surface area is 231 Å². The molecule has 5 nitrogen and oxygen atoms in total. The fourth-order valence-electron chi connectivity index (χ4n) is 7.05. The van der Waals surface area contributed by atoms with Gasteiger partial charge in [-0.05, 0) is 63.7 Å². The van der Waals surface area contributed by atoms with Gasteiger partial charge in [0.2, 0.25) is 5.91 Å². The molecule has 1 aromatic rings. The van der Waals surface area contributed by atoms with Gasteiger partial charge in [0.25, 0.3) is 0 Å². The average Bonchev–Trinajstić information content (AvgIpc) is 3.50. The molecule has 0 bridgehead atoms. The van der Waals surface area contributed by atoms with Crippen molar-refractivity contribution >= 4 is 36.4 Å². The molecule has 36 heavy (non-hydrogen) atoms. The average molecular weight is 540 g/mol. The molecule has 3 saturated heterocycles. The number of para-hydroxylation sites is 1. The molecule has 0 unspecified atom stereocenters. The van der Waals surface area contributed by atoms with E-state index in [2.05, 4.69) is 49.9 Å². The van der Waals surface area contributed by atoms with Gasteiger partial charge in [-0.25, -0.2) is 0 Å². The molecule has 1 aliphatic carbocycles. The molecule has 4 aliphatic rings. The smallest absolute Gasteiger partial charge is 0.250 e. The van der Waals surface area contributed by atoms with Gasteiger partial charge in [-0.1, -0.05) is 63.1 Å². The third kappa shape index (κ3) is 6.70. The van der Waals surface area contributed by atoms with Gasteiger partial charge in [-0.15, -0.1) is 24.8 Å². The Morgan fingerprint density at radius 3 is 1.92 bits per heavy atom. The molecule has 204 valence electrons. The number of anilines is 1. The number of hydrogen-bond acceptors (Lipinski definition) is 4. The zero-order valence-electron chi connectivity index (χ0n) is 22.1. The highest BCUT2D eigenvalue weighted by atomic mass is 35.5. The second-order valence-electron chi connectivity index (χ2n) is 11.3. The number of likely N-dealkylation sites (tertiary alicyclic amines) is 2. The normalized spacial score (nSPS) is 24.5. The van der Waals surface area contributed by atoms with Gasteiger partial charge in [0, 0.05) is 37.9 Å². The molecular weight excluding hydrogens is 491 g/mol. The summed E-state index contributed by atoms with van der Waals surface area (Å²) < 4.78 is 0. The van der Waals surface area contributed by atoms with Crippen LogP contribution < -0.4 is 4.90 Å². The molecule has 0 aromatic heterocycles. The third-order valence-corrected chi connectivity index (χ3v) is 9.18. The van der Waals surface area contributed by atoms with E-state index in [1.807, 2.05) is 0 Å². The van der Waals surface area contributed by atoms with Crippen LogP contribution in [0, 0.1) is 0 Å². The Bertz CT molecular complexity index is 771. The molecule has 1 amide bonds. The largest absolute Gasteiger partial charge is 0.339 e. The van der Waals surface area contributed by atoms with Crippen molar-refractivity contribution in [3.8, 4) is 0 Å². The van der Waals surface area contributed by atoms with E-state index in [0.717, 1.165) is 51.7 Å². The summed E-state index contributed by atoms with van der Waals surface area (Å²) in [5.41, 5.74) is 0.866. The van der Waals surface area contributed by atoms with Crippen molar-refractivity contribution in [1.82, 2.24) is 14.7 Å². The van der Waals surface area contributed by atoms with E-state index in [1.54, 1.807) is 0 Å². The second kappa shape index (κ2) is 14.2. The molecular formula is C29H48Cl2N4O. The monoisotopic (exact) mass is 538 g/mol. The van der Waals surface area contributed by atoms with E-state index in [4.69, 9.17) is 0 Å². The Kier molecular flexibility index (Phi) is 11.7. The lowest BCUT2D eigenvalue weighted by Crippen LogP contribution is -2.58. The zero-order valence-corrected chi connectivity index (χ0v) is 23.8. The summed E-state index contributed by atoms with van der Waals surface area (Å²) in [5, 5.41) is 0. The van der Waals surface area contributed by atoms with Crippen LogP contribution >= 0.6 is 24.8 Å². The maximum Gasteiger partial charge on any atom is 0.250 e. The number of nitrogens with zero attached hydrogens (tertiary/aromatic N) is 4. The molecule has 3 heterocycles. The van der Waals surface area contributed by atoms with Gasteiger partial charge in [0.05, 0.1) is 6.67 Å². The van der Waals surface area contributed by atoms with Crippen LogP contribution in [0.5, 0.6) is 0 Å². The Hall–Kier alpha value is -1.01. The summed E-state index contributed by atoms with van der Waals surface area (Å²) >= 11 is 0. The van der Waals surface area contributed by atoms with Crippen LogP contribution in [0.1, 0.15) is 83.5 Å². The number of amides is 1. The highest BCUT2D eigenvalue weighted by Gasteiger charge is 2.53. The number of benzene rings is 1. The number of piperidine rings is 1. The quantitative estimate of drug-likeness (QED) is 0.462. The van der Waals surface area contributed by atoms with Crippen molar-refractivity contribution < 1.29 is 4.79 Å². The molecule has 0 atom stereocenters. The molecule has 1 aromatic carbocycles. The minimum absolute atomic E-state index is 0. The Balaban J connectivity index is 0.00000180. The predicted octanol–water partition coefficient (Wildman–Crippen LogP) is 5.96. The van der Waals surface area contributed by atoms with Crippen molar-refractivity contribution in [2.24, 2.45) is 0 Å². The SMILES string of the molecule is Cl.Cl.O=C1N(CCN2CCCC2)CN(c2ccccc2)C12CCN(C1CCCCCCCCC1)CC2. The van der Waals surface area contributed by atoms with Crippen LogP contribution in [-0.2, 0) is 4.79 Å². The van der Waals surface area contributed by atoms with Gasteiger partial charge in [0.1, 0.15) is 5.54 Å². The van der Waals surface area contributed by atoms with E-state index < -0.39 is 0 Å². The van der Waals surface area contributed by atoms with Crippen LogP contribution in [0.2, 0.25) is 0 Å². The molecule has 5 rings (SSSR count). The Morgan fingerprint density at radius 2 is 1.31 bits per heavy atom. The van der Waals surface area contributed by atoms with Crippen LogP contribution in [0.3, 0.4) is 0 Å². The van der Waals surface area contributed by atoms with Crippen LogP contribution in [0.4, 0.5) is 5.69 Å². The number of carbonyl (C=O) groups is 1. The summed E-state index contributed by atoms with van der Waals surface area (Å²) in [6.07, 6.45) is 17.1. The molecule has 1 saturated carbocycles. The summed E-state index contributed by atoms with van der Waals surface area (Å²) in [7, 11) is 0. The first-order valence-corrected chi connectivity index (χ1v) is 14.3. The highest BCUT2D eigenvalue weighted by molar-refractivity contribution is 5.93. The molecule has 1 spiro atoms. The molecule has 3 aliphatic heterocycles. The van der Waals surface area contributed by atoms with Crippen molar-refractivity contribution in [2.45, 2.75) is 95.1 Å². The predicted molar refractivity (Wildman–Crippen MR) is 155 cm³/mol. The lowest BCUT2D eigenvalue weighted by Gasteiger charge is -2.45. The standard InChI is InChI=1S/C29H46N4O.2ClH/c34-28-29(17-21-31(22-18-29)26-13-7-4-2-1-3-5-8-14-26)33(27-15-9-6-10-16-27)25-32(28)24-23-30-19-11-12-20-30;;/h6,9-10,15-16,26H,1-5,7-8,11-14,17-25H2;2*1H. The van der Waals surface area contributed by atoms with E-state index in [9.17, 15) is 4.79 Å². The van der Waals surface area contributed by atoms with Crippen molar-refractivity contribution in [2.75, 3.05) is 50.8 Å². The van der Waals surface area contributed by atoms with Gasteiger partial charge >= 0.3 is 0 Å². The lowest BCUT2D eigenvalue weighted by molar-refractivity contribution is -0.134. The summed E-state index contributed by atoms with van der Waals surface area (Å²) in [5.74, 6) is 0.390. The topological polar surface area (TPSA) is 30.0 Å². The first-order chi connectivity index (χ1) is 16.8. The zero-order chi connectivity index (χ0) is 23.2. The van der Waals surface area contributed by atoms with E-state index in [-0.39, 0.29) is 30.4 Å². The number of halogens is 2. The summed E-state index contributed by atoms with van der Waals surface area (Å²) in [6.45, 7) is 7.19. The number of rotatable bonds is 5. The number of hydrogen-bond donors (Lipinski definition) is 0. The first-order valence-electron chi connectivity index (χ1n) is 14.3. The molecule has 4 fully saturated rings. The molecule has 7 heteroatoms. The van der Waals surface area contributed by atoms with Crippen LogP contribution in [0.25, 0.3) is 0 Å². The fraction of sp³-hybridized carbons (Fsp3) is 0.759. The maximum absolute atomic E-state index is 14.0. The molecule has 0 N–H and O–H groups in total. The number of carbonyl (C=O) groups excluding carboxylic acids is 1. The molecule has 0 radical (unpaired) electrons. The third-order valence-electron chi connectivity index (χ3n) is 9.18. The van der Waals surface area contributed by atoms with Gasteiger partial charge in [-0.2, -0.15) is 0 Å². The minimum atomic E-state index is -0.348. The lowest BCUT2D eigenvalue weighted by atomic mass is 9.84. The van der Waals surface area contributed by atoms with Crippen molar-refractivity contribution in [1.29, 1.82) is 0 Å². The van der Waals surface area contributed by atoms with Gasteiger partial charge in [-0.3, -0.25) is 4.79 Å². The van der Waals surface area contributed by atoms with E-state index in [1.165, 1.54) is 89.4 Å². The van der Waals surface area contributed by atoms with Gasteiger partial charge in [0.15, 0.2) is 0 Å². The van der Waals surface area contributed by atoms with Crippen molar-refractivity contribution in [3.63, 3.8) is 0 Å². The Morgan fingerprint density at radius 1 is 0.722 bits per heavy atom. The van der Waals surface area contributed by atoms with E-state index in [0.29, 0.717) is 5.91 Å². The minimum Gasteiger partial charge on any atom is -0.339 e. The fourth-order valence-corrected chi connectivity index (χ4v) is 7.05. The van der Waals surface area contributed by atoms with Crippen molar-refractivity contribution in [3.05, 3.63) is 30.3 Å². The second-order valence-corrected chi connectivity index (χ2v) is 11.3.